The van der Waals surface area contributed by atoms with Gasteiger partial charge in [-0.2, -0.15) is 5.10 Å². The van der Waals surface area contributed by atoms with Gasteiger partial charge in [0, 0.05) is 44.5 Å². The highest BCUT2D eigenvalue weighted by Crippen LogP contribution is 2.19. The van der Waals surface area contributed by atoms with Gasteiger partial charge in [-0.25, -0.2) is 9.79 Å². The minimum atomic E-state index is -0.463. The van der Waals surface area contributed by atoms with Crippen molar-refractivity contribution in [3.63, 3.8) is 0 Å². The third-order valence-electron chi connectivity index (χ3n) is 5.13. The summed E-state index contributed by atoms with van der Waals surface area (Å²) in [5.74, 6) is 1.17. The second-order valence-electron chi connectivity index (χ2n) is 8.78. The lowest BCUT2D eigenvalue weighted by molar-refractivity contribution is 0.0168. The van der Waals surface area contributed by atoms with Gasteiger partial charge in [-0.1, -0.05) is 0 Å². The van der Waals surface area contributed by atoms with Crippen molar-refractivity contribution in [3.05, 3.63) is 17.0 Å². The fourth-order valence-electron chi connectivity index (χ4n) is 3.51. The van der Waals surface area contributed by atoms with E-state index in [0.717, 1.165) is 49.8 Å². The smallest absolute Gasteiger partial charge is 0.410 e. The van der Waals surface area contributed by atoms with Crippen molar-refractivity contribution >= 4 is 12.1 Å². The highest BCUT2D eigenvalue weighted by molar-refractivity contribution is 5.79. The predicted octanol–water partition coefficient (Wildman–Crippen LogP) is 2.74. The van der Waals surface area contributed by atoms with Crippen LogP contribution in [0, 0.1) is 19.8 Å². The maximum absolute atomic E-state index is 12.4. The molecule has 0 spiro atoms. The Bertz CT molecular complexity index is 719. The monoisotopic (exact) mass is 406 g/mol. The Balaban J connectivity index is 1.93. The second-order valence-corrected chi connectivity index (χ2v) is 8.78. The number of nitrogens with zero attached hydrogens (tertiary/aromatic N) is 4. The Morgan fingerprint density at radius 3 is 2.62 bits per heavy atom. The highest BCUT2D eigenvalue weighted by Gasteiger charge is 2.27. The van der Waals surface area contributed by atoms with E-state index in [-0.39, 0.29) is 6.09 Å². The number of carbonyl (C=O) groups excluding carboxylic acids is 1. The molecule has 0 aliphatic carbocycles. The van der Waals surface area contributed by atoms with E-state index >= 15 is 0 Å². The van der Waals surface area contributed by atoms with Crippen molar-refractivity contribution in [2.45, 2.75) is 66.5 Å². The van der Waals surface area contributed by atoms with Crippen LogP contribution in [0.25, 0.3) is 0 Å². The molecule has 1 aromatic rings. The maximum Gasteiger partial charge on any atom is 0.410 e. The van der Waals surface area contributed by atoms with E-state index in [2.05, 4.69) is 29.6 Å². The minimum Gasteiger partial charge on any atom is -0.444 e. The number of ether oxygens (including phenoxy) is 1. The van der Waals surface area contributed by atoms with E-state index in [9.17, 15) is 4.79 Å². The van der Waals surface area contributed by atoms with Gasteiger partial charge in [0.05, 0.1) is 12.2 Å². The van der Waals surface area contributed by atoms with Crippen molar-refractivity contribution < 1.29 is 9.53 Å². The fourth-order valence-corrected chi connectivity index (χ4v) is 3.51. The molecule has 1 aliphatic rings. The van der Waals surface area contributed by atoms with Crippen molar-refractivity contribution in [1.29, 1.82) is 0 Å². The number of piperidine rings is 1. The van der Waals surface area contributed by atoms with Crippen LogP contribution in [0.4, 0.5) is 4.79 Å². The molecule has 2 heterocycles. The summed E-state index contributed by atoms with van der Waals surface area (Å²) in [7, 11) is 1.96. The van der Waals surface area contributed by atoms with Crippen LogP contribution in [0.3, 0.4) is 0 Å². The van der Waals surface area contributed by atoms with Crippen LogP contribution in [0.1, 0.15) is 57.5 Å². The van der Waals surface area contributed by atoms with Gasteiger partial charge < -0.3 is 20.3 Å². The van der Waals surface area contributed by atoms with Gasteiger partial charge in [0.1, 0.15) is 5.60 Å². The molecule has 2 rings (SSSR count). The Morgan fingerprint density at radius 1 is 1.31 bits per heavy atom. The third kappa shape index (κ3) is 6.94. The van der Waals surface area contributed by atoms with Crippen LogP contribution in [-0.4, -0.2) is 58.5 Å². The molecule has 2 N–H and O–H groups in total. The second kappa shape index (κ2) is 9.98. The quantitative estimate of drug-likeness (QED) is 0.580. The number of aryl methyl sites for hydroxylation is 2. The minimum absolute atomic E-state index is 0.217. The van der Waals surface area contributed by atoms with E-state index in [1.807, 2.05) is 44.3 Å². The first kappa shape index (κ1) is 23.0. The lowest BCUT2D eigenvalue weighted by Crippen LogP contribution is -2.47. The number of aromatic nitrogens is 2. The summed E-state index contributed by atoms with van der Waals surface area (Å²) in [6.07, 6.45) is 1.87. The standard InChI is InChI=1S/C21H38N6O2/c1-8-22-19(24-13-18-15(2)25-26(7)16(18)3)23-12-17-10-9-11-27(14-17)20(28)29-21(4,5)6/h17H,8-14H2,1-7H3,(H2,22,23,24). The lowest BCUT2D eigenvalue weighted by Gasteiger charge is -2.34. The molecule has 1 atom stereocenters. The summed E-state index contributed by atoms with van der Waals surface area (Å²) in [6, 6.07) is 0. The molecule has 0 aromatic carbocycles. The van der Waals surface area contributed by atoms with E-state index in [1.165, 1.54) is 5.56 Å². The number of nitrogens with one attached hydrogen (secondary N) is 2. The average Bonchev–Trinajstić information content (AvgIpc) is 2.88. The van der Waals surface area contributed by atoms with Crippen LogP contribution in [-0.2, 0) is 18.3 Å². The van der Waals surface area contributed by atoms with Crippen LogP contribution < -0.4 is 10.6 Å². The third-order valence-corrected chi connectivity index (χ3v) is 5.13. The zero-order valence-corrected chi connectivity index (χ0v) is 19.1. The molecule has 29 heavy (non-hydrogen) atoms. The lowest BCUT2D eigenvalue weighted by atomic mass is 9.98. The Morgan fingerprint density at radius 2 is 2.03 bits per heavy atom. The van der Waals surface area contributed by atoms with E-state index in [0.29, 0.717) is 19.0 Å². The summed E-state index contributed by atoms with van der Waals surface area (Å²) in [5, 5.41) is 11.2. The number of aliphatic imine (C=N–C) groups is 1. The van der Waals surface area contributed by atoms with Crippen molar-refractivity contribution in [2.75, 3.05) is 26.2 Å². The maximum atomic E-state index is 12.4. The summed E-state index contributed by atoms with van der Waals surface area (Å²) in [6.45, 7) is 15.5. The van der Waals surface area contributed by atoms with Crippen LogP contribution in [0.15, 0.2) is 4.99 Å². The van der Waals surface area contributed by atoms with E-state index in [4.69, 9.17) is 9.73 Å². The Hall–Kier alpha value is -2.25. The molecular formula is C21H38N6O2. The topological polar surface area (TPSA) is 83.8 Å². The van der Waals surface area contributed by atoms with Gasteiger partial charge in [-0.15, -0.1) is 0 Å². The first-order valence-electron chi connectivity index (χ1n) is 10.6. The predicted molar refractivity (Wildman–Crippen MR) is 116 cm³/mol. The van der Waals surface area contributed by atoms with Crippen LogP contribution in [0.5, 0.6) is 0 Å². The highest BCUT2D eigenvalue weighted by atomic mass is 16.6. The van der Waals surface area contributed by atoms with Gasteiger partial charge >= 0.3 is 6.09 Å². The van der Waals surface area contributed by atoms with E-state index < -0.39 is 5.60 Å². The van der Waals surface area contributed by atoms with Gasteiger partial charge in [0.25, 0.3) is 0 Å². The summed E-state index contributed by atoms with van der Waals surface area (Å²) in [5.41, 5.74) is 2.86. The number of hydrogen-bond donors (Lipinski definition) is 2. The van der Waals surface area contributed by atoms with Crippen molar-refractivity contribution in [2.24, 2.45) is 18.0 Å². The number of guanidine groups is 1. The number of carbonyl (C=O) groups is 1. The normalized spacial score (nSPS) is 18.0. The molecule has 0 radical (unpaired) electrons. The molecule has 1 unspecified atom stereocenters. The van der Waals surface area contributed by atoms with Gasteiger partial charge in [0.15, 0.2) is 5.96 Å². The Kier molecular flexibility index (Phi) is 7.93. The molecule has 1 fully saturated rings. The number of amides is 1. The van der Waals surface area contributed by atoms with Crippen LogP contribution in [0.2, 0.25) is 0 Å². The first-order valence-corrected chi connectivity index (χ1v) is 10.6. The molecule has 1 aromatic heterocycles. The van der Waals surface area contributed by atoms with E-state index in [1.54, 1.807) is 0 Å². The van der Waals surface area contributed by atoms with Crippen LogP contribution >= 0.6 is 0 Å². The zero-order valence-electron chi connectivity index (χ0n) is 19.1. The summed E-state index contributed by atoms with van der Waals surface area (Å²) < 4.78 is 7.42. The summed E-state index contributed by atoms with van der Waals surface area (Å²) in [4.78, 5) is 18.9. The molecule has 8 heteroatoms. The molecule has 1 saturated heterocycles. The molecule has 1 amide bonds. The number of likely N-dealkylation sites (tertiary alicyclic amines) is 1. The molecule has 164 valence electrons. The average molecular weight is 407 g/mol. The van der Waals surface area contributed by atoms with Crippen molar-refractivity contribution in [3.8, 4) is 0 Å². The molecule has 0 bridgehead atoms. The zero-order chi connectivity index (χ0) is 21.6. The van der Waals surface area contributed by atoms with Gasteiger partial charge in [-0.05, 0) is 60.3 Å². The van der Waals surface area contributed by atoms with Crippen molar-refractivity contribution in [1.82, 2.24) is 25.3 Å². The molecule has 1 aliphatic heterocycles. The SMILES string of the molecule is CCNC(=NCc1c(C)nn(C)c1C)NCC1CCCN(C(=O)OC(C)(C)C)C1. The summed E-state index contributed by atoms with van der Waals surface area (Å²) >= 11 is 0. The molecular weight excluding hydrogens is 368 g/mol. The first-order chi connectivity index (χ1) is 13.6. The number of hydrogen-bond acceptors (Lipinski definition) is 4. The molecule has 0 saturated carbocycles. The fraction of sp³-hybridized carbons (Fsp3) is 0.762. The number of rotatable bonds is 5. The molecule has 8 nitrogen and oxygen atoms in total. The van der Waals surface area contributed by atoms with Gasteiger partial charge in [-0.3, -0.25) is 4.68 Å². The Labute approximate surface area is 175 Å². The largest absolute Gasteiger partial charge is 0.444 e. The van der Waals surface area contributed by atoms with Gasteiger partial charge in [0.2, 0.25) is 0 Å².